The van der Waals surface area contributed by atoms with Gasteiger partial charge in [0.05, 0.1) is 16.1 Å². The van der Waals surface area contributed by atoms with Crippen LogP contribution in [0.2, 0.25) is 10.0 Å². The van der Waals surface area contributed by atoms with Crippen molar-refractivity contribution < 1.29 is 18.4 Å². The number of hydrogen-bond donors (Lipinski definition) is 2. The monoisotopic (exact) mass is 522 g/mol. The molecule has 4 atom stereocenters. The van der Waals surface area contributed by atoms with Crippen molar-refractivity contribution in [2.75, 3.05) is 38.5 Å². The van der Waals surface area contributed by atoms with E-state index in [0.29, 0.717) is 36.3 Å². The summed E-state index contributed by atoms with van der Waals surface area (Å²) in [6, 6.07) is 5.65. The van der Waals surface area contributed by atoms with E-state index in [0.717, 1.165) is 13.1 Å². The Morgan fingerprint density at radius 3 is 2.43 bits per heavy atom. The van der Waals surface area contributed by atoms with Gasteiger partial charge in [-0.1, -0.05) is 36.2 Å². The van der Waals surface area contributed by atoms with Crippen LogP contribution in [0.25, 0.3) is 0 Å². The molecule has 2 amide bonds. The van der Waals surface area contributed by atoms with Crippen LogP contribution in [-0.2, 0) is 15.0 Å². The minimum Gasteiger partial charge on any atom is -0.339 e. The van der Waals surface area contributed by atoms with Crippen molar-refractivity contribution in [3.63, 3.8) is 0 Å². The van der Waals surface area contributed by atoms with E-state index in [2.05, 4.69) is 15.5 Å². The Morgan fingerprint density at radius 2 is 1.77 bits per heavy atom. The smallest absolute Gasteiger partial charge is 0.240 e. The molecule has 2 saturated heterocycles. The van der Waals surface area contributed by atoms with Crippen LogP contribution in [0, 0.1) is 11.6 Å². The first-order chi connectivity index (χ1) is 16.7. The van der Waals surface area contributed by atoms with E-state index in [9.17, 15) is 18.4 Å². The zero-order valence-corrected chi connectivity index (χ0v) is 20.9. The van der Waals surface area contributed by atoms with Crippen molar-refractivity contribution in [2.45, 2.75) is 36.8 Å². The number of benzene rings is 2. The zero-order valence-electron chi connectivity index (χ0n) is 19.4. The first-order valence-electron chi connectivity index (χ1n) is 11.7. The Labute approximate surface area is 212 Å². The largest absolute Gasteiger partial charge is 0.339 e. The van der Waals surface area contributed by atoms with Crippen molar-refractivity contribution in [1.29, 1.82) is 0 Å². The molecule has 6 nitrogen and oxygen atoms in total. The lowest BCUT2D eigenvalue weighted by Crippen LogP contribution is -2.53. The fraction of sp³-hybridized carbons (Fsp3) is 0.440. The first-order valence-corrected chi connectivity index (χ1v) is 12.4. The van der Waals surface area contributed by atoms with Crippen LogP contribution in [-0.4, -0.2) is 66.9 Å². The van der Waals surface area contributed by atoms with Gasteiger partial charge in [0.25, 0.3) is 0 Å². The molecule has 0 aliphatic carbocycles. The molecule has 186 valence electrons. The third kappa shape index (κ3) is 3.73. The van der Waals surface area contributed by atoms with Gasteiger partial charge in [-0.15, -0.1) is 0 Å². The second-order valence-corrected chi connectivity index (χ2v) is 10.3. The Morgan fingerprint density at radius 1 is 1.09 bits per heavy atom. The average Bonchev–Trinajstić information content (AvgIpc) is 3.32. The summed E-state index contributed by atoms with van der Waals surface area (Å²) in [7, 11) is 2.00. The lowest BCUT2D eigenvalue weighted by atomic mass is 9.64. The maximum Gasteiger partial charge on any atom is 0.240 e. The van der Waals surface area contributed by atoms with E-state index < -0.39 is 35.1 Å². The van der Waals surface area contributed by atoms with Gasteiger partial charge in [0, 0.05) is 43.8 Å². The van der Waals surface area contributed by atoms with Gasteiger partial charge < -0.3 is 20.4 Å². The number of carbonyl (C=O) groups is 2. The highest BCUT2D eigenvalue weighted by molar-refractivity contribution is 6.31. The zero-order chi connectivity index (χ0) is 25.1. The van der Waals surface area contributed by atoms with E-state index in [-0.39, 0.29) is 21.9 Å². The molecule has 2 N–H and O–H groups in total. The van der Waals surface area contributed by atoms with E-state index >= 15 is 0 Å². The molecule has 0 bridgehead atoms. The number of fused-ring (bicyclic) bond motifs is 2. The number of hydrogen-bond acceptors (Lipinski definition) is 4. The van der Waals surface area contributed by atoms with Gasteiger partial charge in [0.1, 0.15) is 17.0 Å². The fourth-order valence-electron chi connectivity index (χ4n) is 5.96. The molecule has 2 aromatic carbocycles. The molecule has 3 heterocycles. The summed E-state index contributed by atoms with van der Waals surface area (Å²) in [5, 5.41) is 6.06. The molecular weight excluding hydrogens is 497 g/mol. The second-order valence-electron chi connectivity index (χ2n) is 9.52. The van der Waals surface area contributed by atoms with Crippen molar-refractivity contribution >= 4 is 40.7 Å². The van der Waals surface area contributed by atoms with Crippen molar-refractivity contribution in [3.05, 3.63) is 63.1 Å². The lowest BCUT2D eigenvalue weighted by molar-refractivity contribution is -0.135. The maximum atomic E-state index is 14.8. The second kappa shape index (κ2) is 9.00. The first kappa shape index (κ1) is 24.4. The predicted octanol–water partition coefficient (Wildman–Crippen LogP) is 3.77. The van der Waals surface area contributed by atoms with E-state index in [4.69, 9.17) is 23.2 Å². The van der Waals surface area contributed by atoms with Crippen LogP contribution in [0.15, 0.2) is 30.3 Å². The SMILES string of the molecule is CC[C@H]1N[C@@H](C(=O)N2CCN(C)CC2)[C@H](c2ccc(F)c(Cl)c2)[C@@]12C(=O)Nc1cc(Cl)c(F)cc12. The quantitative estimate of drug-likeness (QED) is 0.643. The maximum absolute atomic E-state index is 14.8. The number of rotatable bonds is 3. The molecule has 1 spiro atoms. The van der Waals surface area contributed by atoms with Crippen LogP contribution in [0.4, 0.5) is 14.5 Å². The van der Waals surface area contributed by atoms with Crippen LogP contribution < -0.4 is 10.6 Å². The van der Waals surface area contributed by atoms with Crippen molar-refractivity contribution in [2.24, 2.45) is 0 Å². The minimum atomic E-state index is -1.32. The molecule has 2 aromatic rings. The number of carbonyl (C=O) groups excluding carboxylic acids is 2. The van der Waals surface area contributed by atoms with Crippen molar-refractivity contribution in [1.82, 2.24) is 15.1 Å². The highest BCUT2D eigenvalue weighted by Gasteiger charge is 2.65. The van der Waals surface area contributed by atoms with Crippen LogP contribution in [0.5, 0.6) is 0 Å². The molecule has 3 aliphatic rings. The summed E-state index contributed by atoms with van der Waals surface area (Å²) < 4.78 is 28.9. The van der Waals surface area contributed by atoms with E-state index in [1.54, 1.807) is 11.0 Å². The Kier molecular flexibility index (Phi) is 6.28. The topological polar surface area (TPSA) is 64.7 Å². The predicted molar refractivity (Wildman–Crippen MR) is 131 cm³/mol. The molecule has 35 heavy (non-hydrogen) atoms. The number of halogens is 4. The molecule has 0 aromatic heterocycles. The van der Waals surface area contributed by atoms with Gasteiger partial charge in [-0.05, 0) is 48.9 Å². The number of piperazine rings is 1. The summed E-state index contributed by atoms with van der Waals surface area (Å²) in [5.41, 5.74) is 0.0601. The Hall–Kier alpha value is -2.26. The summed E-state index contributed by atoms with van der Waals surface area (Å²) in [6.45, 7) is 4.50. The summed E-state index contributed by atoms with van der Waals surface area (Å²) >= 11 is 12.2. The molecule has 0 unspecified atom stereocenters. The summed E-state index contributed by atoms with van der Waals surface area (Å²) in [6.07, 6.45) is 0.495. The number of likely N-dealkylation sites (N-methyl/N-ethyl adjacent to an activating group) is 1. The Balaban J connectivity index is 1.70. The van der Waals surface area contributed by atoms with Gasteiger partial charge >= 0.3 is 0 Å². The third-order valence-electron chi connectivity index (χ3n) is 7.68. The average molecular weight is 523 g/mol. The van der Waals surface area contributed by atoms with Gasteiger partial charge in [-0.25, -0.2) is 8.78 Å². The van der Waals surface area contributed by atoms with Gasteiger partial charge in [-0.2, -0.15) is 0 Å². The third-order valence-corrected chi connectivity index (χ3v) is 8.26. The van der Waals surface area contributed by atoms with Crippen molar-refractivity contribution in [3.8, 4) is 0 Å². The fourth-order valence-corrected chi connectivity index (χ4v) is 6.31. The van der Waals surface area contributed by atoms with Gasteiger partial charge in [0.2, 0.25) is 11.8 Å². The molecular formula is C25H26Cl2F2N4O2. The van der Waals surface area contributed by atoms with Crippen LogP contribution in [0.3, 0.4) is 0 Å². The number of nitrogens with one attached hydrogen (secondary N) is 2. The molecule has 2 fully saturated rings. The Bertz CT molecular complexity index is 1200. The highest BCUT2D eigenvalue weighted by Crippen LogP contribution is 2.56. The molecule has 3 aliphatic heterocycles. The number of anilines is 1. The number of nitrogens with zero attached hydrogens (tertiary/aromatic N) is 2. The normalized spacial score (nSPS) is 28.5. The number of amides is 2. The van der Waals surface area contributed by atoms with Gasteiger partial charge in [0.15, 0.2) is 0 Å². The lowest BCUT2D eigenvalue weighted by Gasteiger charge is -2.37. The van der Waals surface area contributed by atoms with Crippen LogP contribution in [0.1, 0.15) is 30.4 Å². The van der Waals surface area contributed by atoms with E-state index in [1.165, 1.54) is 24.3 Å². The summed E-state index contributed by atoms with van der Waals surface area (Å²) in [5.74, 6) is -2.50. The minimum absolute atomic E-state index is 0.105. The highest BCUT2D eigenvalue weighted by atomic mass is 35.5. The van der Waals surface area contributed by atoms with Crippen LogP contribution >= 0.6 is 23.2 Å². The molecule has 0 saturated carbocycles. The molecule has 0 radical (unpaired) electrons. The van der Waals surface area contributed by atoms with Gasteiger partial charge in [-0.3, -0.25) is 9.59 Å². The molecule has 5 rings (SSSR count). The summed E-state index contributed by atoms with van der Waals surface area (Å²) in [4.78, 5) is 31.6. The molecule has 10 heteroatoms. The standard InChI is InChI=1S/C25H26Cl2F2N4O2/c1-3-20-25(14-11-18(29)16(27)12-19(14)30-24(25)35)21(13-4-5-17(28)15(26)10-13)22(31-20)23(34)33-8-6-32(2)7-9-33/h4-5,10-12,20-22,31H,3,6-9H2,1-2H3,(H,30,35)/t20-,21+,22-,25+/m1/s1. The van der Waals surface area contributed by atoms with E-state index in [1.807, 2.05) is 14.0 Å².